The molecule has 0 spiro atoms. The first-order valence-electron chi connectivity index (χ1n) is 10.2. The molecule has 0 saturated carbocycles. The summed E-state index contributed by atoms with van der Waals surface area (Å²) in [5.41, 5.74) is 4.01. The van der Waals surface area contributed by atoms with E-state index in [0.29, 0.717) is 11.6 Å². The zero-order chi connectivity index (χ0) is 20.8. The number of nitrogens with one attached hydrogen (secondary N) is 1. The number of hydrogen-bond acceptors (Lipinski definition) is 3. The maximum atomic E-state index is 12.6. The maximum absolute atomic E-state index is 12.6. The minimum atomic E-state index is -0.0736. The van der Waals surface area contributed by atoms with Gasteiger partial charge in [-0.05, 0) is 62.7 Å². The summed E-state index contributed by atoms with van der Waals surface area (Å²) in [6.07, 6.45) is 5.43. The average Bonchev–Trinajstić information content (AvgIpc) is 3.27. The summed E-state index contributed by atoms with van der Waals surface area (Å²) < 4.78 is 1.95. The first kappa shape index (κ1) is 20.8. The summed E-state index contributed by atoms with van der Waals surface area (Å²) in [4.78, 5) is 19.1. The molecule has 29 heavy (non-hydrogen) atoms. The molecular formula is C24H30N4O. The van der Waals surface area contributed by atoms with Gasteiger partial charge in [-0.1, -0.05) is 31.2 Å². The van der Waals surface area contributed by atoms with E-state index >= 15 is 0 Å². The van der Waals surface area contributed by atoms with Crippen molar-refractivity contribution in [2.75, 3.05) is 6.54 Å². The smallest absolute Gasteiger partial charge is 0.251 e. The molecule has 1 amide bonds. The number of aromatic nitrogens is 2. The van der Waals surface area contributed by atoms with Gasteiger partial charge >= 0.3 is 0 Å². The van der Waals surface area contributed by atoms with Crippen LogP contribution in [0.25, 0.3) is 5.69 Å². The van der Waals surface area contributed by atoms with E-state index < -0.39 is 0 Å². The molecule has 3 rings (SSSR count). The molecule has 0 aliphatic carbocycles. The Morgan fingerprint density at radius 1 is 1.07 bits per heavy atom. The van der Waals surface area contributed by atoms with E-state index in [1.165, 1.54) is 5.56 Å². The molecule has 2 aromatic carbocycles. The van der Waals surface area contributed by atoms with E-state index in [-0.39, 0.29) is 11.9 Å². The number of carbonyl (C=O) groups is 1. The lowest BCUT2D eigenvalue weighted by molar-refractivity contribution is 0.0940. The van der Waals surface area contributed by atoms with E-state index in [1.54, 1.807) is 12.5 Å². The highest BCUT2D eigenvalue weighted by Crippen LogP contribution is 2.17. The van der Waals surface area contributed by atoms with E-state index in [0.717, 1.165) is 24.3 Å². The van der Waals surface area contributed by atoms with Crippen LogP contribution in [0.1, 0.15) is 55.2 Å². The summed E-state index contributed by atoms with van der Waals surface area (Å²) in [5, 5.41) is 3.09. The van der Waals surface area contributed by atoms with E-state index in [4.69, 9.17) is 0 Å². The molecule has 1 N–H and O–H groups in total. The third-order valence-electron chi connectivity index (χ3n) is 5.28. The van der Waals surface area contributed by atoms with Crippen LogP contribution in [0, 0.1) is 0 Å². The van der Waals surface area contributed by atoms with Gasteiger partial charge in [0.15, 0.2) is 0 Å². The summed E-state index contributed by atoms with van der Waals surface area (Å²) >= 11 is 0. The van der Waals surface area contributed by atoms with Crippen molar-refractivity contribution in [2.24, 2.45) is 0 Å². The number of nitrogens with zero attached hydrogens (tertiary/aromatic N) is 3. The molecule has 0 fully saturated rings. The Morgan fingerprint density at radius 2 is 1.76 bits per heavy atom. The summed E-state index contributed by atoms with van der Waals surface area (Å²) in [7, 11) is 0. The van der Waals surface area contributed by atoms with E-state index in [1.807, 2.05) is 66.2 Å². The lowest BCUT2D eigenvalue weighted by Crippen LogP contribution is -2.30. The quantitative estimate of drug-likeness (QED) is 0.612. The highest BCUT2D eigenvalue weighted by molar-refractivity contribution is 5.94. The second kappa shape index (κ2) is 9.52. The Bertz CT molecular complexity index is 899. The summed E-state index contributed by atoms with van der Waals surface area (Å²) in [6, 6.07) is 16.5. The van der Waals surface area contributed by atoms with Gasteiger partial charge < -0.3 is 9.88 Å². The van der Waals surface area contributed by atoms with Crippen molar-refractivity contribution in [1.29, 1.82) is 0 Å². The molecule has 5 heteroatoms. The van der Waals surface area contributed by atoms with Crippen molar-refractivity contribution in [3.05, 3.63) is 83.9 Å². The van der Waals surface area contributed by atoms with Crippen molar-refractivity contribution in [3.8, 4) is 5.69 Å². The molecule has 0 bridgehead atoms. The number of hydrogen-bond donors (Lipinski definition) is 1. The van der Waals surface area contributed by atoms with Gasteiger partial charge in [0.1, 0.15) is 0 Å². The normalized spacial score (nSPS) is 12.3. The van der Waals surface area contributed by atoms with Gasteiger partial charge in [0.05, 0.1) is 12.4 Å². The van der Waals surface area contributed by atoms with Crippen LogP contribution < -0.4 is 5.32 Å². The monoisotopic (exact) mass is 390 g/mol. The fraction of sp³-hybridized carbons (Fsp3) is 0.333. The second-order valence-electron chi connectivity index (χ2n) is 7.61. The zero-order valence-electron chi connectivity index (χ0n) is 17.7. The zero-order valence-corrected chi connectivity index (χ0v) is 17.7. The fourth-order valence-electron chi connectivity index (χ4n) is 3.37. The maximum Gasteiger partial charge on any atom is 0.251 e. The van der Waals surface area contributed by atoms with Crippen molar-refractivity contribution in [1.82, 2.24) is 19.8 Å². The Morgan fingerprint density at radius 3 is 2.31 bits per heavy atom. The van der Waals surface area contributed by atoms with Crippen LogP contribution in [0.5, 0.6) is 0 Å². The van der Waals surface area contributed by atoms with Gasteiger partial charge in [-0.3, -0.25) is 9.69 Å². The molecule has 5 nitrogen and oxygen atoms in total. The van der Waals surface area contributed by atoms with Crippen LogP contribution in [-0.2, 0) is 6.54 Å². The van der Waals surface area contributed by atoms with Crippen LogP contribution in [0.15, 0.2) is 67.3 Å². The minimum absolute atomic E-state index is 0.0565. The van der Waals surface area contributed by atoms with Crippen LogP contribution in [0.3, 0.4) is 0 Å². The molecule has 1 heterocycles. The van der Waals surface area contributed by atoms with Gasteiger partial charge in [0.2, 0.25) is 0 Å². The lowest BCUT2D eigenvalue weighted by Gasteiger charge is -2.24. The molecule has 1 unspecified atom stereocenters. The van der Waals surface area contributed by atoms with Crippen LogP contribution in [-0.4, -0.2) is 32.9 Å². The van der Waals surface area contributed by atoms with Gasteiger partial charge in [0.25, 0.3) is 5.91 Å². The topological polar surface area (TPSA) is 50.2 Å². The highest BCUT2D eigenvalue weighted by Gasteiger charge is 2.13. The molecule has 0 aliphatic heterocycles. The van der Waals surface area contributed by atoms with Crippen molar-refractivity contribution >= 4 is 5.91 Å². The molecule has 1 atom stereocenters. The third-order valence-corrected chi connectivity index (χ3v) is 5.28. The van der Waals surface area contributed by atoms with Gasteiger partial charge in [0, 0.05) is 36.2 Å². The lowest BCUT2D eigenvalue weighted by atomic mass is 10.1. The summed E-state index contributed by atoms with van der Waals surface area (Å²) in [6.45, 7) is 10.5. The minimum Gasteiger partial charge on any atom is -0.346 e. The van der Waals surface area contributed by atoms with Crippen molar-refractivity contribution in [3.63, 3.8) is 0 Å². The van der Waals surface area contributed by atoms with Gasteiger partial charge in [-0.2, -0.15) is 0 Å². The number of amides is 1. The second-order valence-corrected chi connectivity index (χ2v) is 7.61. The highest BCUT2D eigenvalue weighted by atomic mass is 16.1. The van der Waals surface area contributed by atoms with Crippen LogP contribution in [0.4, 0.5) is 0 Å². The summed E-state index contributed by atoms with van der Waals surface area (Å²) in [5.74, 6) is -0.0565. The number of rotatable bonds is 8. The Kier molecular flexibility index (Phi) is 6.83. The molecule has 3 aromatic rings. The van der Waals surface area contributed by atoms with Gasteiger partial charge in [-0.15, -0.1) is 0 Å². The van der Waals surface area contributed by atoms with Crippen molar-refractivity contribution < 1.29 is 4.79 Å². The number of carbonyl (C=O) groups excluding carboxylic acids is 1. The molecule has 0 radical (unpaired) electrons. The van der Waals surface area contributed by atoms with Crippen LogP contribution in [0.2, 0.25) is 0 Å². The molecule has 152 valence electrons. The fourth-order valence-corrected chi connectivity index (χ4v) is 3.37. The van der Waals surface area contributed by atoms with E-state index in [9.17, 15) is 4.79 Å². The average molecular weight is 391 g/mol. The molecule has 0 saturated heterocycles. The van der Waals surface area contributed by atoms with Crippen LogP contribution >= 0.6 is 0 Å². The molecule has 0 aliphatic rings. The van der Waals surface area contributed by atoms with Gasteiger partial charge in [-0.25, -0.2) is 4.98 Å². The molecular weight excluding hydrogens is 360 g/mol. The Balaban J connectivity index is 1.60. The first-order chi connectivity index (χ1) is 14.0. The number of imidazole rings is 1. The third kappa shape index (κ3) is 5.33. The standard InChI is InChI=1S/C24H30N4O/c1-5-27(18(2)3)16-20-6-8-22(9-7-20)24(29)26-19(4)21-10-12-23(13-11-21)28-15-14-25-17-28/h6-15,17-19H,5,16H2,1-4H3,(H,26,29). The first-order valence-corrected chi connectivity index (χ1v) is 10.2. The SMILES string of the molecule is CCN(Cc1ccc(C(=O)NC(C)c2ccc(-n3ccnc3)cc2)cc1)C(C)C. The van der Waals surface area contributed by atoms with Crippen molar-refractivity contribution in [2.45, 2.75) is 46.3 Å². The predicted molar refractivity (Wildman–Crippen MR) is 117 cm³/mol. The largest absolute Gasteiger partial charge is 0.346 e. The predicted octanol–water partition coefficient (Wildman–Crippen LogP) is 4.59. The number of benzene rings is 2. The Labute approximate surface area is 173 Å². The van der Waals surface area contributed by atoms with E-state index in [2.05, 4.69) is 36.0 Å². The Hall–Kier alpha value is -2.92. The molecule has 1 aromatic heterocycles.